The van der Waals surface area contributed by atoms with Gasteiger partial charge in [0, 0.05) is 39.3 Å². The van der Waals surface area contributed by atoms with Gasteiger partial charge >= 0.3 is 11.8 Å². The minimum absolute atomic E-state index is 0.395. The van der Waals surface area contributed by atoms with Crippen LogP contribution in [0.2, 0.25) is 0 Å². The average Bonchev–Trinajstić information content (AvgIpc) is 2.62. The molecule has 2 rings (SSSR count). The van der Waals surface area contributed by atoms with Gasteiger partial charge in [-0.05, 0) is 26.0 Å². The van der Waals surface area contributed by atoms with Gasteiger partial charge in [-0.3, -0.25) is 9.59 Å². The van der Waals surface area contributed by atoms with Crippen LogP contribution in [0.1, 0.15) is 13.8 Å². The van der Waals surface area contributed by atoms with Crippen molar-refractivity contribution in [2.75, 3.05) is 51.3 Å². The Morgan fingerprint density at radius 2 is 1.70 bits per heavy atom. The lowest BCUT2D eigenvalue weighted by Crippen LogP contribution is -2.53. The fourth-order valence-corrected chi connectivity index (χ4v) is 2.82. The first-order valence-electron chi connectivity index (χ1n) is 8.08. The fraction of sp³-hybridized carbons (Fsp3) is 0.529. The number of piperazine rings is 1. The monoisotopic (exact) mass is 319 g/mol. The molecule has 1 aromatic carbocycles. The van der Waals surface area contributed by atoms with Gasteiger partial charge in [-0.25, -0.2) is 0 Å². The topological polar surface area (TPSA) is 53.1 Å². The van der Waals surface area contributed by atoms with Crippen LogP contribution in [0.4, 0.5) is 5.69 Å². The zero-order valence-corrected chi connectivity index (χ0v) is 14.1. The predicted molar refractivity (Wildman–Crippen MR) is 89.7 cm³/mol. The summed E-state index contributed by atoms with van der Waals surface area (Å²) in [5.74, 6) is 0.0283. The Hall–Kier alpha value is -2.24. The molecule has 0 saturated carbocycles. The standard InChI is InChI=1S/C17H25N3O3/c1-4-18(5-2)16(21)17(22)20-12-10-19(11-13-20)14-8-6-7-9-15(14)23-3/h6-9H,4-5,10-13H2,1-3H3. The maximum Gasteiger partial charge on any atom is 0.312 e. The molecular formula is C17H25N3O3. The number of likely N-dealkylation sites (N-methyl/N-ethyl adjacent to an activating group) is 1. The number of benzene rings is 1. The van der Waals surface area contributed by atoms with E-state index in [0.29, 0.717) is 39.3 Å². The van der Waals surface area contributed by atoms with Crippen LogP contribution in [0.5, 0.6) is 5.75 Å². The highest BCUT2D eigenvalue weighted by Gasteiger charge is 2.29. The van der Waals surface area contributed by atoms with E-state index in [1.54, 1.807) is 16.9 Å². The van der Waals surface area contributed by atoms with Crippen LogP contribution in [0.15, 0.2) is 24.3 Å². The van der Waals surface area contributed by atoms with Crippen molar-refractivity contribution in [2.45, 2.75) is 13.8 Å². The Bertz CT molecular complexity index is 550. The number of rotatable bonds is 4. The number of para-hydroxylation sites is 2. The zero-order chi connectivity index (χ0) is 16.8. The number of hydrogen-bond acceptors (Lipinski definition) is 4. The molecule has 0 unspecified atom stereocenters. The number of carbonyl (C=O) groups excluding carboxylic acids is 2. The summed E-state index contributed by atoms with van der Waals surface area (Å²) in [5.41, 5.74) is 1.03. The highest BCUT2D eigenvalue weighted by molar-refractivity contribution is 6.34. The minimum atomic E-state index is -0.402. The number of amides is 2. The molecule has 0 aliphatic carbocycles. The summed E-state index contributed by atoms with van der Waals surface area (Å²) in [7, 11) is 1.65. The van der Waals surface area contributed by atoms with Crippen molar-refractivity contribution in [3.05, 3.63) is 24.3 Å². The first-order chi connectivity index (χ1) is 11.1. The molecule has 23 heavy (non-hydrogen) atoms. The van der Waals surface area contributed by atoms with E-state index in [2.05, 4.69) is 4.90 Å². The van der Waals surface area contributed by atoms with Crippen molar-refractivity contribution in [1.29, 1.82) is 0 Å². The van der Waals surface area contributed by atoms with E-state index >= 15 is 0 Å². The molecule has 0 N–H and O–H groups in total. The number of ether oxygens (including phenoxy) is 1. The van der Waals surface area contributed by atoms with Crippen LogP contribution in [0.25, 0.3) is 0 Å². The van der Waals surface area contributed by atoms with E-state index in [0.717, 1.165) is 11.4 Å². The van der Waals surface area contributed by atoms with Gasteiger partial charge in [-0.1, -0.05) is 12.1 Å². The lowest BCUT2D eigenvalue weighted by atomic mass is 10.2. The van der Waals surface area contributed by atoms with Gasteiger partial charge in [0.15, 0.2) is 0 Å². The van der Waals surface area contributed by atoms with Crippen molar-refractivity contribution < 1.29 is 14.3 Å². The molecule has 1 aliphatic rings. The molecule has 6 nitrogen and oxygen atoms in total. The molecule has 0 bridgehead atoms. The number of hydrogen-bond donors (Lipinski definition) is 0. The molecule has 1 fully saturated rings. The van der Waals surface area contributed by atoms with E-state index in [1.807, 2.05) is 38.1 Å². The largest absolute Gasteiger partial charge is 0.495 e. The first-order valence-corrected chi connectivity index (χ1v) is 8.08. The normalized spacial score (nSPS) is 14.6. The highest BCUT2D eigenvalue weighted by Crippen LogP contribution is 2.28. The Labute approximate surface area is 137 Å². The van der Waals surface area contributed by atoms with Gasteiger partial charge in [0.25, 0.3) is 0 Å². The number of methoxy groups -OCH3 is 1. The first kappa shape index (κ1) is 17.1. The second kappa shape index (κ2) is 7.85. The number of carbonyl (C=O) groups is 2. The maximum atomic E-state index is 12.3. The molecule has 6 heteroatoms. The van der Waals surface area contributed by atoms with E-state index in [9.17, 15) is 9.59 Å². The van der Waals surface area contributed by atoms with Crippen LogP contribution in [-0.4, -0.2) is 68.0 Å². The molecule has 0 radical (unpaired) electrons. The van der Waals surface area contributed by atoms with Crippen molar-refractivity contribution in [1.82, 2.24) is 9.80 Å². The molecule has 2 amide bonds. The Morgan fingerprint density at radius 1 is 1.09 bits per heavy atom. The molecule has 1 heterocycles. The lowest BCUT2D eigenvalue weighted by Gasteiger charge is -2.36. The molecule has 1 saturated heterocycles. The molecule has 0 spiro atoms. The van der Waals surface area contributed by atoms with Crippen LogP contribution in [0.3, 0.4) is 0 Å². The number of nitrogens with zero attached hydrogens (tertiary/aromatic N) is 3. The summed E-state index contributed by atoms with van der Waals surface area (Å²) in [6.07, 6.45) is 0. The molecule has 1 aliphatic heterocycles. The van der Waals surface area contributed by atoms with Crippen molar-refractivity contribution in [3.8, 4) is 5.75 Å². The summed E-state index contributed by atoms with van der Waals surface area (Å²) in [5, 5.41) is 0. The summed E-state index contributed by atoms with van der Waals surface area (Å²) in [6, 6.07) is 7.85. The average molecular weight is 319 g/mol. The summed E-state index contributed by atoms with van der Waals surface area (Å²) < 4.78 is 5.39. The van der Waals surface area contributed by atoms with E-state index in [4.69, 9.17) is 4.74 Å². The van der Waals surface area contributed by atoms with Crippen LogP contribution in [0, 0.1) is 0 Å². The fourth-order valence-electron chi connectivity index (χ4n) is 2.82. The predicted octanol–water partition coefficient (Wildman–Crippen LogP) is 1.21. The molecule has 126 valence electrons. The third kappa shape index (κ3) is 3.75. The summed E-state index contributed by atoms with van der Waals surface area (Å²) >= 11 is 0. The second-order valence-electron chi connectivity index (χ2n) is 5.43. The molecular weight excluding hydrogens is 294 g/mol. The lowest BCUT2D eigenvalue weighted by molar-refractivity contribution is -0.151. The second-order valence-corrected chi connectivity index (χ2v) is 5.43. The van der Waals surface area contributed by atoms with Gasteiger partial charge in [0.1, 0.15) is 5.75 Å². The van der Waals surface area contributed by atoms with E-state index < -0.39 is 11.8 Å². The van der Waals surface area contributed by atoms with Gasteiger partial charge in [0.05, 0.1) is 12.8 Å². The zero-order valence-electron chi connectivity index (χ0n) is 14.1. The van der Waals surface area contributed by atoms with Gasteiger partial charge in [0.2, 0.25) is 0 Å². The van der Waals surface area contributed by atoms with Gasteiger partial charge in [-0.15, -0.1) is 0 Å². The van der Waals surface area contributed by atoms with Crippen molar-refractivity contribution in [2.24, 2.45) is 0 Å². The molecule has 0 atom stereocenters. The third-order valence-corrected chi connectivity index (χ3v) is 4.23. The SMILES string of the molecule is CCN(CC)C(=O)C(=O)N1CCN(c2ccccc2OC)CC1. The quantitative estimate of drug-likeness (QED) is 0.783. The molecule has 0 aromatic heterocycles. The van der Waals surface area contributed by atoms with Gasteiger partial charge in [-0.2, -0.15) is 0 Å². The number of anilines is 1. The third-order valence-electron chi connectivity index (χ3n) is 4.23. The van der Waals surface area contributed by atoms with Crippen molar-refractivity contribution >= 4 is 17.5 Å². The maximum absolute atomic E-state index is 12.3. The van der Waals surface area contributed by atoms with Crippen LogP contribution in [-0.2, 0) is 9.59 Å². The Morgan fingerprint density at radius 3 is 2.26 bits per heavy atom. The van der Waals surface area contributed by atoms with E-state index in [1.165, 1.54) is 0 Å². The Kier molecular flexibility index (Phi) is 5.84. The van der Waals surface area contributed by atoms with E-state index in [-0.39, 0.29) is 0 Å². The molecule has 1 aromatic rings. The van der Waals surface area contributed by atoms with Gasteiger partial charge < -0.3 is 19.4 Å². The Balaban J connectivity index is 1.98. The van der Waals surface area contributed by atoms with Crippen LogP contribution >= 0.6 is 0 Å². The van der Waals surface area contributed by atoms with Crippen molar-refractivity contribution in [3.63, 3.8) is 0 Å². The van der Waals surface area contributed by atoms with Crippen LogP contribution < -0.4 is 9.64 Å². The highest BCUT2D eigenvalue weighted by atomic mass is 16.5. The smallest absolute Gasteiger partial charge is 0.312 e. The summed E-state index contributed by atoms with van der Waals surface area (Å²) in [4.78, 5) is 29.9. The summed E-state index contributed by atoms with van der Waals surface area (Å²) in [6.45, 7) is 7.36. The minimum Gasteiger partial charge on any atom is -0.495 e.